The fourth-order valence-electron chi connectivity index (χ4n) is 1.63. The molecule has 1 heterocycles. The van der Waals surface area contributed by atoms with Crippen LogP contribution in [0.3, 0.4) is 0 Å². The number of benzene rings is 1. The molecule has 1 aromatic rings. The molecule has 0 aliphatic carbocycles. The van der Waals surface area contributed by atoms with Crippen LogP contribution in [0.15, 0.2) is 30.3 Å². The van der Waals surface area contributed by atoms with Gasteiger partial charge in [0.25, 0.3) is 0 Å². The van der Waals surface area contributed by atoms with E-state index in [-0.39, 0.29) is 6.61 Å². The molecular formula is C11H13BrFNO5P+. The lowest BCUT2D eigenvalue weighted by Crippen LogP contribution is -2.42. The molecule has 1 aromatic carbocycles. The Labute approximate surface area is 124 Å². The highest BCUT2D eigenvalue weighted by Crippen LogP contribution is 2.39. The summed E-state index contributed by atoms with van der Waals surface area (Å²) in [6.45, 7) is -0.311. The Morgan fingerprint density at radius 1 is 1.50 bits per heavy atom. The molecule has 0 saturated carbocycles. The molecule has 3 N–H and O–H groups in total. The first kappa shape index (κ1) is 15.8. The summed E-state index contributed by atoms with van der Waals surface area (Å²) in [5.41, 5.74) is 5.36. The van der Waals surface area contributed by atoms with Gasteiger partial charge in [0.2, 0.25) is 4.58 Å². The summed E-state index contributed by atoms with van der Waals surface area (Å²) < 4.78 is 38.0. The molecule has 1 saturated heterocycles. The molecule has 9 heteroatoms. The summed E-state index contributed by atoms with van der Waals surface area (Å²) in [6.07, 6.45) is -3.90. The van der Waals surface area contributed by atoms with Gasteiger partial charge in [-0.1, -0.05) is 18.2 Å². The van der Waals surface area contributed by atoms with Crippen LogP contribution in [-0.4, -0.2) is 34.7 Å². The number of halogens is 2. The minimum absolute atomic E-state index is 0.311. The van der Waals surface area contributed by atoms with Crippen molar-refractivity contribution in [2.45, 2.75) is 23.0 Å². The minimum atomic E-state index is -2.46. The zero-order chi connectivity index (χ0) is 14.8. The lowest BCUT2D eigenvalue weighted by atomic mass is 10.1. The molecule has 0 aromatic heterocycles. The normalized spacial score (nSPS) is 34.0. The maximum Gasteiger partial charge on any atom is 0.750 e. The topological polar surface area (TPSA) is 91.0 Å². The first-order valence-electron chi connectivity index (χ1n) is 5.71. The molecule has 1 aliphatic rings. The Balaban J connectivity index is 1.83. The summed E-state index contributed by atoms with van der Waals surface area (Å²) in [7, 11) is -2.46. The van der Waals surface area contributed by atoms with Crippen LogP contribution in [0.1, 0.15) is 0 Å². The van der Waals surface area contributed by atoms with Gasteiger partial charge in [-0.25, -0.2) is 8.91 Å². The van der Waals surface area contributed by atoms with Crippen LogP contribution in [0.2, 0.25) is 0 Å². The predicted octanol–water partition coefficient (Wildman–Crippen LogP) is 1.84. The standard InChI is InChI=1S/C11H13BrFNO5P/c12-11(13)9(15)8(18-10(11)14)6-17-20(16)19-7-4-2-1-3-5-7/h1-5,8-10,15H,6,14H2/q+1/t8-,9?,10-,11?/m1/s1. The van der Waals surface area contributed by atoms with Crippen LogP contribution in [-0.2, 0) is 13.8 Å². The van der Waals surface area contributed by atoms with Gasteiger partial charge in [0.15, 0.2) is 12.0 Å². The van der Waals surface area contributed by atoms with E-state index >= 15 is 0 Å². The fraction of sp³-hybridized carbons (Fsp3) is 0.455. The molecule has 20 heavy (non-hydrogen) atoms. The number of alkyl halides is 2. The van der Waals surface area contributed by atoms with Crippen LogP contribution in [0.25, 0.3) is 0 Å². The van der Waals surface area contributed by atoms with Gasteiger partial charge in [0.05, 0.1) is 0 Å². The van der Waals surface area contributed by atoms with Crippen LogP contribution < -0.4 is 10.3 Å². The lowest BCUT2D eigenvalue weighted by molar-refractivity contribution is -0.0142. The smallest absolute Gasteiger partial charge is 0.386 e. The maximum absolute atomic E-state index is 13.8. The first-order valence-corrected chi connectivity index (χ1v) is 7.60. The number of nitrogens with two attached hydrogens (primary N) is 1. The fourth-order valence-corrected chi connectivity index (χ4v) is 2.65. The van der Waals surface area contributed by atoms with E-state index in [1.807, 2.05) is 0 Å². The van der Waals surface area contributed by atoms with Gasteiger partial charge in [-0.2, -0.15) is 0 Å². The zero-order valence-electron chi connectivity index (χ0n) is 10.2. The van der Waals surface area contributed by atoms with E-state index in [0.717, 1.165) is 0 Å². The largest absolute Gasteiger partial charge is 0.750 e. The average Bonchev–Trinajstić information content (AvgIpc) is 2.61. The third-order valence-electron chi connectivity index (χ3n) is 2.71. The SMILES string of the molecule is N[C@@H]1O[C@H](CO[P+](=O)Oc2ccccc2)C(O)C1(F)Br. The highest BCUT2D eigenvalue weighted by atomic mass is 79.9. The van der Waals surface area contributed by atoms with Crippen molar-refractivity contribution in [1.29, 1.82) is 0 Å². The van der Waals surface area contributed by atoms with Gasteiger partial charge in [0, 0.05) is 4.57 Å². The highest BCUT2D eigenvalue weighted by molar-refractivity contribution is 9.10. The van der Waals surface area contributed by atoms with Crippen molar-refractivity contribution in [3.63, 3.8) is 0 Å². The molecular weight excluding hydrogens is 356 g/mol. The number of ether oxygens (including phenoxy) is 1. The number of para-hydroxylation sites is 1. The second kappa shape index (κ2) is 6.43. The van der Waals surface area contributed by atoms with Crippen molar-refractivity contribution >= 4 is 24.2 Å². The molecule has 1 fully saturated rings. The third kappa shape index (κ3) is 3.52. The second-order valence-electron chi connectivity index (χ2n) is 4.14. The van der Waals surface area contributed by atoms with Gasteiger partial charge >= 0.3 is 8.25 Å². The van der Waals surface area contributed by atoms with E-state index < -0.39 is 31.3 Å². The quantitative estimate of drug-likeness (QED) is 0.608. The van der Waals surface area contributed by atoms with E-state index in [1.165, 1.54) is 0 Å². The molecule has 1 aliphatic heterocycles. The van der Waals surface area contributed by atoms with E-state index in [2.05, 4.69) is 15.9 Å². The van der Waals surface area contributed by atoms with Crippen LogP contribution in [0.5, 0.6) is 5.75 Å². The molecule has 110 valence electrons. The van der Waals surface area contributed by atoms with Crippen molar-refractivity contribution in [3.05, 3.63) is 30.3 Å². The molecule has 0 bridgehead atoms. The predicted molar refractivity (Wildman–Crippen MR) is 72.2 cm³/mol. The van der Waals surface area contributed by atoms with Crippen LogP contribution in [0.4, 0.5) is 4.39 Å². The zero-order valence-corrected chi connectivity index (χ0v) is 12.7. The summed E-state index contributed by atoms with van der Waals surface area (Å²) in [5.74, 6) is 0.374. The Kier molecular flexibility index (Phi) is 5.06. The monoisotopic (exact) mass is 368 g/mol. The molecule has 0 spiro atoms. The summed E-state index contributed by atoms with van der Waals surface area (Å²) in [4.78, 5) is 0. The lowest BCUT2D eigenvalue weighted by Gasteiger charge is -2.17. The van der Waals surface area contributed by atoms with Crippen molar-refractivity contribution in [2.24, 2.45) is 5.73 Å². The van der Waals surface area contributed by atoms with E-state index in [4.69, 9.17) is 19.5 Å². The van der Waals surface area contributed by atoms with Crippen molar-refractivity contribution in [2.75, 3.05) is 6.61 Å². The number of hydrogen-bond acceptors (Lipinski definition) is 6. The molecule has 6 nitrogen and oxygen atoms in total. The third-order valence-corrected chi connectivity index (χ3v) is 4.35. The Bertz CT molecular complexity index is 477. The Hall–Kier alpha value is -0.630. The van der Waals surface area contributed by atoms with Gasteiger partial charge in [0.1, 0.15) is 18.8 Å². The number of hydrogen-bond donors (Lipinski definition) is 2. The van der Waals surface area contributed by atoms with Crippen LogP contribution >= 0.6 is 24.2 Å². The summed E-state index contributed by atoms with van der Waals surface area (Å²) in [5, 5.41) is 9.65. The van der Waals surface area contributed by atoms with Gasteiger partial charge in [-0.15, -0.1) is 4.52 Å². The van der Waals surface area contributed by atoms with Crippen molar-refractivity contribution in [3.8, 4) is 5.75 Å². The molecule has 0 amide bonds. The van der Waals surface area contributed by atoms with Gasteiger partial charge in [-0.3, -0.25) is 0 Å². The maximum atomic E-state index is 13.8. The number of aliphatic hydroxyl groups is 1. The molecule has 2 rings (SSSR count). The van der Waals surface area contributed by atoms with Crippen LogP contribution in [0, 0.1) is 0 Å². The summed E-state index contributed by atoms with van der Waals surface area (Å²) in [6, 6.07) is 8.42. The Morgan fingerprint density at radius 3 is 2.70 bits per heavy atom. The molecule has 0 radical (unpaired) electrons. The van der Waals surface area contributed by atoms with Gasteiger partial charge < -0.3 is 15.6 Å². The average molecular weight is 369 g/mol. The van der Waals surface area contributed by atoms with Gasteiger partial charge in [-0.05, 0) is 28.1 Å². The Morgan fingerprint density at radius 2 is 2.15 bits per heavy atom. The molecule has 3 unspecified atom stereocenters. The second-order valence-corrected chi connectivity index (χ2v) is 6.24. The van der Waals surface area contributed by atoms with E-state index in [0.29, 0.717) is 5.75 Å². The highest BCUT2D eigenvalue weighted by Gasteiger charge is 2.55. The number of rotatable bonds is 5. The van der Waals surface area contributed by atoms with E-state index in [9.17, 15) is 14.1 Å². The molecule has 5 atom stereocenters. The van der Waals surface area contributed by atoms with Crippen molar-refractivity contribution in [1.82, 2.24) is 0 Å². The van der Waals surface area contributed by atoms with Crippen molar-refractivity contribution < 1.29 is 27.8 Å². The van der Waals surface area contributed by atoms with E-state index in [1.54, 1.807) is 30.3 Å². The first-order chi connectivity index (χ1) is 9.41. The number of aliphatic hydroxyl groups excluding tert-OH is 1. The summed E-state index contributed by atoms with van der Waals surface area (Å²) >= 11 is 2.65. The minimum Gasteiger partial charge on any atom is -0.386 e.